The predicted octanol–water partition coefficient (Wildman–Crippen LogP) is 4.62. The van der Waals surface area contributed by atoms with Crippen molar-refractivity contribution >= 4 is 23.3 Å². The maximum atomic E-state index is 11.9. The summed E-state index contributed by atoms with van der Waals surface area (Å²) < 4.78 is 0. The lowest BCUT2D eigenvalue weighted by molar-refractivity contribution is -0.136. The Balaban J connectivity index is 1.57. The fraction of sp³-hybridized carbons (Fsp3) is 0.423. The summed E-state index contributed by atoms with van der Waals surface area (Å²) in [6.07, 6.45) is 4.14. The number of hydrogen-bond acceptors (Lipinski definition) is 4. The molecule has 5 nitrogen and oxygen atoms in total. The van der Waals surface area contributed by atoms with Crippen molar-refractivity contribution in [3.8, 4) is 17.2 Å². The van der Waals surface area contributed by atoms with Gasteiger partial charge in [0.1, 0.15) is 17.5 Å². The second-order valence-electron chi connectivity index (χ2n) is 10.3. The Hall–Kier alpha value is -2.84. The number of likely N-dealkylation sites (tertiary alicyclic amines) is 1. The average Bonchev–Trinajstić information content (AvgIpc) is 3.31. The molecule has 2 saturated heterocycles. The van der Waals surface area contributed by atoms with E-state index >= 15 is 0 Å². The zero-order chi connectivity index (χ0) is 22.7. The van der Waals surface area contributed by atoms with E-state index < -0.39 is 0 Å². The molecule has 0 N–H and O–H groups in total. The van der Waals surface area contributed by atoms with Crippen molar-refractivity contribution in [2.75, 3.05) is 31.1 Å². The van der Waals surface area contributed by atoms with Gasteiger partial charge in [-0.25, -0.2) is 4.98 Å². The lowest BCUT2D eigenvalue weighted by Gasteiger charge is -2.47. The van der Waals surface area contributed by atoms with Crippen molar-refractivity contribution in [1.82, 2.24) is 9.88 Å². The van der Waals surface area contributed by atoms with E-state index in [0.29, 0.717) is 10.6 Å². The third kappa shape index (κ3) is 3.29. The van der Waals surface area contributed by atoms with E-state index in [1.165, 1.54) is 6.08 Å². The van der Waals surface area contributed by atoms with Crippen LogP contribution in [0.15, 0.2) is 36.9 Å². The van der Waals surface area contributed by atoms with Crippen LogP contribution in [0.2, 0.25) is 5.02 Å². The van der Waals surface area contributed by atoms with Gasteiger partial charge in [-0.15, -0.1) is 0 Å². The molecule has 6 heteroatoms. The molecule has 5 rings (SSSR count). The second kappa shape index (κ2) is 7.35. The molecule has 1 aromatic carbocycles. The van der Waals surface area contributed by atoms with Crippen LogP contribution in [0.3, 0.4) is 0 Å². The Kier molecular flexibility index (Phi) is 4.83. The summed E-state index contributed by atoms with van der Waals surface area (Å²) in [7, 11) is 0. The smallest absolute Gasteiger partial charge is 0.245 e. The number of carbonyl (C=O) groups excluding carboxylic acids is 1. The largest absolute Gasteiger partial charge is 0.355 e. The fourth-order valence-electron chi connectivity index (χ4n) is 5.71. The van der Waals surface area contributed by atoms with Crippen molar-refractivity contribution in [2.45, 2.75) is 33.1 Å². The first-order valence-corrected chi connectivity index (χ1v) is 11.5. The minimum absolute atomic E-state index is 0.00863. The molecule has 1 aromatic heterocycles. The molecule has 2 aliphatic heterocycles. The minimum atomic E-state index is -0.00863. The molecule has 3 heterocycles. The van der Waals surface area contributed by atoms with E-state index in [1.807, 2.05) is 29.2 Å². The summed E-state index contributed by atoms with van der Waals surface area (Å²) >= 11 is 6.62. The molecule has 0 radical (unpaired) electrons. The zero-order valence-corrected chi connectivity index (χ0v) is 19.4. The standard InChI is InChI=1S/C26H27ClN4O/c1-4-22(32)31-15-26(16-31)9-10-30(14-26)24-19(13-28)23(17-7-5-6-8-20(17)27)18-11-25(2,3)12-21(18)29-24/h4-8H,1,9-12,14-16H2,2-3H3. The normalized spacial score (nSPS) is 20.1. The van der Waals surface area contributed by atoms with Crippen molar-refractivity contribution in [2.24, 2.45) is 10.8 Å². The van der Waals surface area contributed by atoms with Gasteiger partial charge in [0.05, 0.1) is 0 Å². The third-order valence-electron chi connectivity index (χ3n) is 7.20. The van der Waals surface area contributed by atoms with Gasteiger partial charge < -0.3 is 9.80 Å². The van der Waals surface area contributed by atoms with E-state index in [0.717, 1.165) is 73.6 Å². The van der Waals surface area contributed by atoms with Gasteiger partial charge in [-0.05, 0) is 42.4 Å². The number of anilines is 1. The Labute approximate surface area is 194 Å². The molecule has 1 aliphatic carbocycles. The van der Waals surface area contributed by atoms with Crippen molar-refractivity contribution < 1.29 is 4.79 Å². The number of pyridine rings is 1. The molecule has 0 atom stereocenters. The number of hydrogen-bond donors (Lipinski definition) is 0. The van der Waals surface area contributed by atoms with Crippen LogP contribution in [-0.4, -0.2) is 42.0 Å². The fourth-order valence-corrected chi connectivity index (χ4v) is 5.94. The molecule has 3 aliphatic rings. The first-order valence-electron chi connectivity index (χ1n) is 11.1. The van der Waals surface area contributed by atoms with E-state index in [-0.39, 0.29) is 16.7 Å². The first kappa shape index (κ1) is 21.0. The van der Waals surface area contributed by atoms with Gasteiger partial charge in [-0.2, -0.15) is 5.26 Å². The topological polar surface area (TPSA) is 60.2 Å². The SMILES string of the molecule is C=CC(=O)N1CC2(CCN(c3nc4c(c(-c5ccccc5Cl)c3C#N)CC(C)(C)C4)C2)C1. The maximum absolute atomic E-state index is 11.9. The zero-order valence-electron chi connectivity index (χ0n) is 18.6. The van der Waals surface area contributed by atoms with Gasteiger partial charge in [0.25, 0.3) is 0 Å². The van der Waals surface area contributed by atoms with Gasteiger partial charge in [-0.3, -0.25) is 4.79 Å². The van der Waals surface area contributed by atoms with Crippen LogP contribution in [0.5, 0.6) is 0 Å². The van der Waals surface area contributed by atoms with Crippen LogP contribution in [-0.2, 0) is 17.6 Å². The molecule has 1 amide bonds. The van der Waals surface area contributed by atoms with Crippen molar-refractivity contribution in [1.29, 1.82) is 5.26 Å². The monoisotopic (exact) mass is 446 g/mol. The number of benzene rings is 1. The van der Waals surface area contributed by atoms with Gasteiger partial charge in [0.15, 0.2) is 0 Å². The van der Waals surface area contributed by atoms with Crippen LogP contribution in [0, 0.1) is 22.2 Å². The number of carbonyl (C=O) groups is 1. The van der Waals surface area contributed by atoms with Gasteiger partial charge >= 0.3 is 0 Å². The molecule has 0 saturated carbocycles. The van der Waals surface area contributed by atoms with E-state index in [9.17, 15) is 10.1 Å². The number of fused-ring (bicyclic) bond motifs is 1. The van der Waals surface area contributed by atoms with Crippen LogP contribution in [0.25, 0.3) is 11.1 Å². The highest BCUT2D eigenvalue weighted by atomic mass is 35.5. The van der Waals surface area contributed by atoms with Crippen LogP contribution >= 0.6 is 11.6 Å². The Bertz CT molecular complexity index is 1170. The highest BCUT2D eigenvalue weighted by molar-refractivity contribution is 6.33. The summed E-state index contributed by atoms with van der Waals surface area (Å²) in [5.41, 5.74) is 4.88. The quantitative estimate of drug-likeness (QED) is 0.645. The number of aromatic nitrogens is 1. The average molecular weight is 447 g/mol. The number of nitriles is 1. The summed E-state index contributed by atoms with van der Waals surface area (Å²) in [6.45, 7) is 11.2. The van der Waals surface area contributed by atoms with Gasteiger partial charge in [-0.1, -0.05) is 50.2 Å². The molecule has 0 bridgehead atoms. The van der Waals surface area contributed by atoms with Gasteiger partial charge in [0, 0.05) is 53.4 Å². The van der Waals surface area contributed by atoms with Crippen LogP contribution in [0.1, 0.15) is 37.1 Å². The highest BCUT2D eigenvalue weighted by Gasteiger charge is 2.49. The number of amides is 1. The molecule has 0 unspecified atom stereocenters. The van der Waals surface area contributed by atoms with Crippen molar-refractivity contribution in [3.63, 3.8) is 0 Å². The number of rotatable bonds is 3. The lowest BCUT2D eigenvalue weighted by atomic mass is 9.79. The van der Waals surface area contributed by atoms with E-state index in [4.69, 9.17) is 16.6 Å². The highest BCUT2D eigenvalue weighted by Crippen LogP contribution is 2.47. The molecule has 164 valence electrons. The van der Waals surface area contributed by atoms with E-state index in [2.05, 4.69) is 31.4 Å². The van der Waals surface area contributed by atoms with E-state index in [1.54, 1.807) is 0 Å². The molecule has 32 heavy (non-hydrogen) atoms. The minimum Gasteiger partial charge on any atom is -0.355 e. The third-order valence-corrected chi connectivity index (χ3v) is 7.53. The summed E-state index contributed by atoms with van der Waals surface area (Å²) in [6, 6.07) is 10.3. The van der Waals surface area contributed by atoms with Gasteiger partial charge in [0.2, 0.25) is 5.91 Å². The Morgan fingerprint density at radius 2 is 2.00 bits per heavy atom. The van der Waals surface area contributed by atoms with Crippen LogP contribution in [0.4, 0.5) is 5.82 Å². The molecule has 1 spiro atoms. The Morgan fingerprint density at radius 1 is 1.25 bits per heavy atom. The van der Waals surface area contributed by atoms with Crippen molar-refractivity contribution in [3.05, 3.63) is 58.8 Å². The maximum Gasteiger partial charge on any atom is 0.245 e. The molecule has 2 aromatic rings. The lowest BCUT2D eigenvalue weighted by Crippen LogP contribution is -2.59. The predicted molar refractivity (Wildman–Crippen MR) is 127 cm³/mol. The molecular weight excluding hydrogens is 420 g/mol. The summed E-state index contributed by atoms with van der Waals surface area (Å²) in [4.78, 5) is 21.1. The molecular formula is C26H27ClN4O. The number of nitrogens with zero attached hydrogens (tertiary/aromatic N) is 4. The van der Waals surface area contributed by atoms with Crippen LogP contribution < -0.4 is 4.90 Å². The summed E-state index contributed by atoms with van der Waals surface area (Å²) in [5.74, 6) is 0.759. The number of halogens is 1. The second-order valence-corrected chi connectivity index (χ2v) is 10.7. The molecule has 2 fully saturated rings. The first-order chi connectivity index (χ1) is 15.3. The summed E-state index contributed by atoms with van der Waals surface area (Å²) in [5, 5.41) is 11.0. The Morgan fingerprint density at radius 3 is 2.69 bits per heavy atom.